The molecule has 0 bridgehead atoms. The van der Waals surface area contributed by atoms with Crippen LogP contribution in [0.5, 0.6) is 0 Å². The van der Waals surface area contributed by atoms with Crippen LogP contribution in [0.1, 0.15) is 0 Å². The normalized spacial score (nSPS) is 8.22. The molecular formula is C5H4ClFIN. The van der Waals surface area contributed by atoms with E-state index in [0.717, 1.165) is 0 Å². The van der Waals surface area contributed by atoms with Gasteiger partial charge in [-0.3, -0.25) is 4.98 Å². The highest BCUT2D eigenvalue weighted by Gasteiger charge is 1.91. The Bertz CT molecular complexity index is 173. The minimum absolute atomic E-state index is 0. The lowest BCUT2D eigenvalue weighted by Crippen LogP contribution is -1.79. The molecule has 0 spiro atoms. The number of hydrogen-bond donors (Lipinski definition) is 0. The van der Waals surface area contributed by atoms with E-state index in [1.54, 1.807) is 12.3 Å². The van der Waals surface area contributed by atoms with Crippen molar-refractivity contribution in [1.29, 1.82) is 0 Å². The molecule has 0 aliphatic rings. The maximum Gasteiger partial charge on any atom is 0.154 e. The summed E-state index contributed by atoms with van der Waals surface area (Å²) in [7, 11) is 0. The number of nitrogens with zero attached hydrogens (tertiary/aromatic N) is 1. The van der Waals surface area contributed by atoms with Crippen LogP contribution in [0.25, 0.3) is 0 Å². The number of halogens is 3. The average molecular weight is 259 g/mol. The van der Waals surface area contributed by atoms with E-state index in [9.17, 15) is 4.39 Å². The fourth-order valence-corrected chi connectivity index (χ4v) is 0.658. The lowest BCUT2D eigenvalue weighted by molar-refractivity contribution is 0.614. The van der Waals surface area contributed by atoms with Crippen molar-refractivity contribution in [2.45, 2.75) is 0 Å². The first-order valence-corrected chi connectivity index (χ1v) is 3.13. The van der Waals surface area contributed by atoms with Crippen LogP contribution in [0.15, 0.2) is 18.5 Å². The fraction of sp³-hybridized carbons (Fsp3) is 0. The summed E-state index contributed by atoms with van der Waals surface area (Å²) in [5, 5.41) is 0. The second kappa shape index (κ2) is 4.00. The number of rotatable bonds is 0. The van der Waals surface area contributed by atoms with Crippen LogP contribution in [-0.2, 0) is 0 Å². The first-order chi connectivity index (χ1) is 3.80. The van der Waals surface area contributed by atoms with Crippen LogP contribution in [0, 0.1) is 9.39 Å². The van der Waals surface area contributed by atoms with E-state index < -0.39 is 0 Å². The SMILES string of the molecule is Cl.Fc1cnccc1I. The van der Waals surface area contributed by atoms with Gasteiger partial charge in [-0.25, -0.2) is 4.39 Å². The van der Waals surface area contributed by atoms with Gasteiger partial charge in [0.15, 0.2) is 5.82 Å². The van der Waals surface area contributed by atoms with Crippen molar-refractivity contribution in [2.24, 2.45) is 0 Å². The van der Waals surface area contributed by atoms with Gasteiger partial charge in [0.1, 0.15) is 0 Å². The standard InChI is InChI=1S/C5H3FIN.ClH/c6-4-3-8-2-1-5(4)7;/h1-3H;1H. The molecule has 0 fully saturated rings. The summed E-state index contributed by atoms with van der Waals surface area (Å²) in [6, 6.07) is 1.62. The molecule has 50 valence electrons. The van der Waals surface area contributed by atoms with Crippen molar-refractivity contribution in [3.8, 4) is 0 Å². The topological polar surface area (TPSA) is 12.9 Å². The van der Waals surface area contributed by atoms with E-state index >= 15 is 0 Å². The Morgan fingerprint density at radius 3 is 2.56 bits per heavy atom. The van der Waals surface area contributed by atoms with Gasteiger partial charge in [-0.1, -0.05) is 0 Å². The van der Waals surface area contributed by atoms with Crippen molar-refractivity contribution in [1.82, 2.24) is 4.98 Å². The summed E-state index contributed by atoms with van der Waals surface area (Å²) in [4.78, 5) is 3.57. The Hall–Kier alpha value is 0.100. The zero-order chi connectivity index (χ0) is 5.98. The molecule has 1 aromatic rings. The lowest BCUT2D eigenvalue weighted by atomic mass is 10.5. The third-order valence-electron chi connectivity index (χ3n) is 0.723. The molecule has 0 N–H and O–H groups in total. The number of hydrogen-bond acceptors (Lipinski definition) is 1. The van der Waals surface area contributed by atoms with Crippen LogP contribution in [-0.4, -0.2) is 4.98 Å². The largest absolute Gasteiger partial charge is 0.262 e. The van der Waals surface area contributed by atoms with Gasteiger partial charge in [-0.15, -0.1) is 12.4 Å². The minimum Gasteiger partial charge on any atom is -0.262 e. The molecule has 1 nitrogen and oxygen atoms in total. The van der Waals surface area contributed by atoms with Crippen LogP contribution >= 0.6 is 35.0 Å². The molecule has 0 radical (unpaired) electrons. The van der Waals surface area contributed by atoms with Crippen molar-refractivity contribution in [2.75, 3.05) is 0 Å². The van der Waals surface area contributed by atoms with Crippen molar-refractivity contribution in [3.63, 3.8) is 0 Å². The maximum atomic E-state index is 12.2. The van der Waals surface area contributed by atoms with Crippen LogP contribution in [0.2, 0.25) is 0 Å². The minimum atomic E-state index is -0.256. The summed E-state index contributed by atoms with van der Waals surface area (Å²) in [5.74, 6) is -0.256. The quantitative estimate of drug-likeness (QED) is 0.651. The molecule has 1 aromatic heterocycles. The van der Waals surface area contributed by atoms with Gasteiger partial charge in [0.2, 0.25) is 0 Å². The third-order valence-corrected chi connectivity index (χ3v) is 1.60. The smallest absolute Gasteiger partial charge is 0.154 e. The van der Waals surface area contributed by atoms with Gasteiger partial charge < -0.3 is 0 Å². The Balaban J connectivity index is 0.000000640. The summed E-state index contributed by atoms with van der Waals surface area (Å²) >= 11 is 1.91. The van der Waals surface area contributed by atoms with Gasteiger partial charge in [-0.05, 0) is 28.7 Å². The van der Waals surface area contributed by atoms with Crippen molar-refractivity contribution >= 4 is 35.0 Å². The molecule has 0 saturated carbocycles. The van der Waals surface area contributed by atoms with E-state index in [1.807, 2.05) is 22.6 Å². The van der Waals surface area contributed by atoms with E-state index in [-0.39, 0.29) is 18.2 Å². The van der Waals surface area contributed by atoms with E-state index in [2.05, 4.69) is 4.98 Å². The van der Waals surface area contributed by atoms with E-state index in [0.29, 0.717) is 3.57 Å². The van der Waals surface area contributed by atoms with E-state index in [4.69, 9.17) is 0 Å². The van der Waals surface area contributed by atoms with Crippen LogP contribution in [0.4, 0.5) is 4.39 Å². The first-order valence-electron chi connectivity index (χ1n) is 2.06. The van der Waals surface area contributed by atoms with Gasteiger partial charge in [-0.2, -0.15) is 0 Å². The fourth-order valence-electron chi connectivity index (χ4n) is 0.358. The van der Waals surface area contributed by atoms with Crippen LogP contribution in [0.3, 0.4) is 0 Å². The predicted octanol–water partition coefficient (Wildman–Crippen LogP) is 2.25. The molecular weight excluding hydrogens is 255 g/mol. The molecule has 0 amide bonds. The highest BCUT2D eigenvalue weighted by atomic mass is 127. The Labute approximate surface area is 72.2 Å². The predicted molar refractivity (Wildman–Crippen MR) is 44.2 cm³/mol. The molecule has 1 rings (SSSR count). The zero-order valence-electron chi connectivity index (χ0n) is 4.34. The summed E-state index contributed by atoms with van der Waals surface area (Å²) in [6.45, 7) is 0. The number of pyridine rings is 1. The van der Waals surface area contributed by atoms with Gasteiger partial charge in [0.05, 0.1) is 9.77 Å². The second-order valence-electron chi connectivity index (χ2n) is 1.29. The first kappa shape index (κ1) is 9.10. The molecule has 4 heteroatoms. The Morgan fingerprint density at radius 2 is 2.22 bits per heavy atom. The van der Waals surface area contributed by atoms with Crippen LogP contribution < -0.4 is 0 Å². The summed E-state index contributed by atoms with van der Waals surface area (Å²) in [5.41, 5.74) is 0. The van der Waals surface area contributed by atoms with E-state index in [1.165, 1.54) is 6.20 Å². The van der Waals surface area contributed by atoms with Crippen molar-refractivity contribution < 1.29 is 4.39 Å². The molecule has 0 aromatic carbocycles. The van der Waals surface area contributed by atoms with Gasteiger partial charge in [0, 0.05) is 6.20 Å². The molecule has 0 aliphatic carbocycles. The zero-order valence-corrected chi connectivity index (χ0v) is 7.32. The monoisotopic (exact) mass is 259 g/mol. The van der Waals surface area contributed by atoms with Gasteiger partial charge >= 0.3 is 0 Å². The molecule has 0 aliphatic heterocycles. The number of aromatic nitrogens is 1. The van der Waals surface area contributed by atoms with Crippen molar-refractivity contribution in [3.05, 3.63) is 27.8 Å². The molecule has 0 saturated heterocycles. The lowest BCUT2D eigenvalue weighted by Gasteiger charge is -1.86. The second-order valence-corrected chi connectivity index (χ2v) is 2.45. The Morgan fingerprint density at radius 1 is 1.56 bits per heavy atom. The third kappa shape index (κ3) is 2.45. The van der Waals surface area contributed by atoms with Gasteiger partial charge in [0.25, 0.3) is 0 Å². The molecule has 0 atom stereocenters. The molecule has 1 heterocycles. The molecule has 9 heavy (non-hydrogen) atoms. The summed E-state index contributed by atoms with van der Waals surface area (Å²) in [6.07, 6.45) is 2.76. The summed E-state index contributed by atoms with van der Waals surface area (Å²) < 4.78 is 12.9. The molecule has 0 unspecified atom stereocenters. The highest BCUT2D eigenvalue weighted by Crippen LogP contribution is 2.05. The maximum absolute atomic E-state index is 12.2. The Kier molecular flexibility index (Phi) is 4.05. The highest BCUT2D eigenvalue weighted by molar-refractivity contribution is 14.1. The average Bonchev–Trinajstić information content (AvgIpc) is 1.77.